The zero-order valence-electron chi connectivity index (χ0n) is 7.18. The topological polar surface area (TPSA) is 58.4 Å². The van der Waals surface area contributed by atoms with Gasteiger partial charge in [-0.15, -0.1) is 0 Å². The van der Waals surface area contributed by atoms with Crippen molar-refractivity contribution < 1.29 is 9.90 Å². The predicted octanol–water partition coefficient (Wildman–Crippen LogP) is -0.217. The summed E-state index contributed by atoms with van der Waals surface area (Å²) in [5.74, 6) is -0.770. The standard InChI is InChI=1S/C8H11N3O2/c12-8(13)6-10-3-4-11-7(5-10)1-2-9-11/h1-2H,3-6H2,(H,12,13). The second-order valence-electron chi connectivity index (χ2n) is 3.15. The number of carbonyl (C=O) groups is 1. The molecular formula is C8H11N3O2. The van der Waals surface area contributed by atoms with Crippen LogP contribution in [0.25, 0.3) is 0 Å². The highest BCUT2D eigenvalue weighted by atomic mass is 16.4. The first kappa shape index (κ1) is 8.25. The van der Waals surface area contributed by atoms with E-state index in [1.807, 2.05) is 15.6 Å². The Hall–Kier alpha value is -1.36. The summed E-state index contributed by atoms with van der Waals surface area (Å²) in [5, 5.41) is 12.7. The number of carboxylic acid groups (broad SMARTS) is 1. The maximum absolute atomic E-state index is 10.5. The van der Waals surface area contributed by atoms with E-state index >= 15 is 0 Å². The van der Waals surface area contributed by atoms with E-state index in [1.54, 1.807) is 6.20 Å². The van der Waals surface area contributed by atoms with Gasteiger partial charge in [0, 0.05) is 19.3 Å². The smallest absolute Gasteiger partial charge is 0.317 e. The monoisotopic (exact) mass is 181 g/mol. The lowest BCUT2D eigenvalue weighted by Crippen LogP contribution is -2.37. The molecule has 0 aliphatic carbocycles. The van der Waals surface area contributed by atoms with Crippen molar-refractivity contribution in [2.75, 3.05) is 13.1 Å². The van der Waals surface area contributed by atoms with Gasteiger partial charge in [0.05, 0.1) is 18.8 Å². The molecule has 5 nitrogen and oxygen atoms in total. The van der Waals surface area contributed by atoms with Crippen molar-refractivity contribution in [3.8, 4) is 0 Å². The summed E-state index contributed by atoms with van der Waals surface area (Å²) in [6, 6.07) is 1.92. The second kappa shape index (κ2) is 3.18. The SMILES string of the molecule is O=C(O)CN1CCn2nccc2C1. The fourth-order valence-electron chi connectivity index (χ4n) is 1.57. The van der Waals surface area contributed by atoms with Crippen LogP contribution in [0.4, 0.5) is 0 Å². The summed E-state index contributed by atoms with van der Waals surface area (Å²) in [5.41, 5.74) is 1.09. The quantitative estimate of drug-likeness (QED) is 0.685. The average molecular weight is 181 g/mol. The zero-order chi connectivity index (χ0) is 9.26. The highest BCUT2D eigenvalue weighted by molar-refractivity contribution is 5.69. The van der Waals surface area contributed by atoms with Gasteiger partial charge in [-0.2, -0.15) is 5.10 Å². The molecule has 0 unspecified atom stereocenters. The number of rotatable bonds is 2. The van der Waals surface area contributed by atoms with Crippen molar-refractivity contribution in [1.29, 1.82) is 0 Å². The van der Waals surface area contributed by atoms with Crippen LogP contribution in [0, 0.1) is 0 Å². The van der Waals surface area contributed by atoms with E-state index in [0.29, 0.717) is 6.54 Å². The van der Waals surface area contributed by atoms with E-state index in [1.165, 1.54) is 0 Å². The zero-order valence-corrected chi connectivity index (χ0v) is 7.18. The molecule has 1 aliphatic heterocycles. The number of carboxylic acids is 1. The number of nitrogens with zero attached hydrogens (tertiary/aromatic N) is 3. The summed E-state index contributed by atoms with van der Waals surface area (Å²) in [6.45, 7) is 2.36. The van der Waals surface area contributed by atoms with Crippen molar-refractivity contribution >= 4 is 5.97 Å². The van der Waals surface area contributed by atoms with Crippen LogP contribution >= 0.6 is 0 Å². The molecule has 2 rings (SSSR count). The summed E-state index contributed by atoms with van der Waals surface area (Å²) in [7, 11) is 0. The molecule has 0 saturated heterocycles. The Kier molecular flexibility index (Phi) is 2.02. The third-order valence-electron chi connectivity index (χ3n) is 2.18. The predicted molar refractivity (Wildman–Crippen MR) is 45.1 cm³/mol. The van der Waals surface area contributed by atoms with Crippen molar-refractivity contribution in [2.45, 2.75) is 13.1 Å². The molecule has 1 N–H and O–H groups in total. The largest absolute Gasteiger partial charge is 0.480 e. The van der Waals surface area contributed by atoms with Crippen LogP contribution in [0.2, 0.25) is 0 Å². The molecule has 0 aromatic carbocycles. The number of hydrogen-bond acceptors (Lipinski definition) is 3. The van der Waals surface area contributed by atoms with Crippen LogP contribution in [0.3, 0.4) is 0 Å². The Morgan fingerprint density at radius 2 is 2.46 bits per heavy atom. The Bertz CT molecular complexity index is 321. The molecule has 1 aromatic heterocycles. The van der Waals surface area contributed by atoms with Gasteiger partial charge < -0.3 is 5.11 Å². The minimum absolute atomic E-state index is 0.116. The molecule has 0 bridgehead atoms. The Morgan fingerprint density at radius 3 is 3.23 bits per heavy atom. The van der Waals surface area contributed by atoms with Crippen molar-refractivity contribution in [1.82, 2.24) is 14.7 Å². The van der Waals surface area contributed by atoms with Crippen molar-refractivity contribution in [2.24, 2.45) is 0 Å². The van der Waals surface area contributed by atoms with Gasteiger partial charge in [0.15, 0.2) is 0 Å². The second-order valence-corrected chi connectivity index (χ2v) is 3.15. The van der Waals surface area contributed by atoms with Crippen LogP contribution in [0.1, 0.15) is 5.69 Å². The first-order valence-electron chi connectivity index (χ1n) is 4.20. The van der Waals surface area contributed by atoms with Crippen molar-refractivity contribution in [3.63, 3.8) is 0 Å². The molecule has 1 aromatic rings. The third-order valence-corrected chi connectivity index (χ3v) is 2.18. The van der Waals surface area contributed by atoms with Gasteiger partial charge in [-0.25, -0.2) is 0 Å². The van der Waals surface area contributed by atoms with Gasteiger partial charge in [-0.3, -0.25) is 14.4 Å². The lowest BCUT2D eigenvalue weighted by molar-refractivity contribution is -0.138. The van der Waals surface area contributed by atoms with Gasteiger partial charge >= 0.3 is 5.97 Å². The number of fused-ring (bicyclic) bond motifs is 1. The van der Waals surface area contributed by atoms with Crippen LogP contribution in [-0.2, 0) is 17.9 Å². The number of hydrogen-bond donors (Lipinski definition) is 1. The van der Waals surface area contributed by atoms with E-state index in [-0.39, 0.29) is 6.54 Å². The highest BCUT2D eigenvalue weighted by Crippen LogP contribution is 2.09. The van der Waals surface area contributed by atoms with Gasteiger partial charge in [0.1, 0.15) is 0 Å². The number of aromatic nitrogens is 2. The average Bonchev–Trinajstić information content (AvgIpc) is 2.49. The summed E-state index contributed by atoms with van der Waals surface area (Å²) >= 11 is 0. The van der Waals surface area contributed by atoms with E-state index in [4.69, 9.17) is 5.11 Å². The molecule has 0 amide bonds. The lowest BCUT2D eigenvalue weighted by Gasteiger charge is -2.25. The van der Waals surface area contributed by atoms with Crippen LogP contribution in [0.15, 0.2) is 12.3 Å². The molecule has 13 heavy (non-hydrogen) atoms. The first-order valence-corrected chi connectivity index (χ1v) is 4.20. The number of aliphatic carboxylic acids is 1. The molecule has 0 saturated carbocycles. The Balaban J connectivity index is 2.04. The first-order chi connectivity index (χ1) is 6.25. The molecule has 0 fully saturated rings. The van der Waals surface area contributed by atoms with E-state index < -0.39 is 5.97 Å². The van der Waals surface area contributed by atoms with E-state index in [0.717, 1.165) is 18.8 Å². The maximum atomic E-state index is 10.5. The molecule has 5 heteroatoms. The summed E-state index contributed by atoms with van der Waals surface area (Å²) < 4.78 is 1.92. The van der Waals surface area contributed by atoms with E-state index in [9.17, 15) is 4.79 Å². The fraction of sp³-hybridized carbons (Fsp3) is 0.500. The van der Waals surface area contributed by atoms with Gasteiger partial charge in [-0.05, 0) is 6.07 Å². The fourth-order valence-corrected chi connectivity index (χ4v) is 1.57. The molecule has 0 spiro atoms. The van der Waals surface area contributed by atoms with Crippen molar-refractivity contribution in [3.05, 3.63) is 18.0 Å². The van der Waals surface area contributed by atoms with Gasteiger partial charge in [0.2, 0.25) is 0 Å². The van der Waals surface area contributed by atoms with E-state index in [2.05, 4.69) is 5.10 Å². The molecular weight excluding hydrogens is 170 g/mol. The third kappa shape index (κ3) is 1.70. The van der Waals surface area contributed by atoms with Crippen LogP contribution in [-0.4, -0.2) is 38.8 Å². The Labute approximate surface area is 75.6 Å². The van der Waals surface area contributed by atoms with Gasteiger partial charge in [0.25, 0.3) is 0 Å². The normalized spacial score (nSPS) is 16.9. The van der Waals surface area contributed by atoms with Gasteiger partial charge in [-0.1, -0.05) is 0 Å². The Morgan fingerprint density at radius 1 is 1.62 bits per heavy atom. The maximum Gasteiger partial charge on any atom is 0.317 e. The molecule has 0 radical (unpaired) electrons. The molecule has 70 valence electrons. The lowest BCUT2D eigenvalue weighted by atomic mass is 10.3. The molecule has 1 aliphatic rings. The van der Waals surface area contributed by atoms with Crippen LogP contribution in [0.5, 0.6) is 0 Å². The summed E-state index contributed by atoms with van der Waals surface area (Å²) in [4.78, 5) is 12.4. The van der Waals surface area contributed by atoms with Crippen LogP contribution < -0.4 is 0 Å². The highest BCUT2D eigenvalue weighted by Gasteiger charge is 2.17. The summed E-state index contributed by atoms with van der Waals surface area (Å²) in [6.07, 6.45) is 1.75. The molecule has 0 atom stereocenters. The molecule has 2 heterocycles. The minimum Gasteiger partial charge on any atom is -0.480 e. The minimum atomic E-state index is -0.770.